The highest BCUT2D eigenvalue weighted by atomic mass is 16.5. The molecule has 1 amide bonds. The van der Waals surface area contributed by atoms with Crippen molar-refractivity contribution in [2.45, 2.75) is 12.1 Å². The molecule has 2 N–H and O–H groups in total. The molecule has 1 aliphatic heterocycles. The monoisotopic (exact) mass is 330 g/mol. The van der Waals surface area contributed by atoms with Crippen molar-refractivity contribution in [2.24, 2.45) is 7.05 Å². The number of carbonyl (C=O) groups excluding carboxylic acids is 1. The second-order valence-electron chi connectivity index (χ2n) is 5.67. The fourth-order valence-corrected chi connectivity index (χ4v) is 2.72. The lowest BCUT2D eigenvalue weighted by molar-refractivity contribution is -0.134. The van der Waals surface area contributed by atoms with Crippen molar-refractivity contribution in [1.29, 1.82) is 0 Å². The molecule has 1 saturated heterocycles. The van der Waals surface area contributed by atoms with Crippen LogP contribution in [0.5, 0.6) is 5.75 Å². The Kier molecular flexibility index (Phi) is 5.12. The molecule has 0 bridgehead atoms. The molecule has 3 rings (SSSR count). The number of aromatic nitrogens is 2. The molecule has 2 aromatic rings. The first-order chi connectivity index (χ1) is 11.7. The topological polar surface area (TPSA) is 77.4 Å². The fraction of sp³-hybridized carbons (Fsp3) is 0.412. The summed E-state index contributed by atoms with van der Waals surface area (Å²) in [6.45, 7) is 1.82. The van der Waals surface area contributed by atoms with E-state index >= 15 is 0 Å². The number of nitrogens with one attached hydrogen (secondary N) is 2. The van der Waals surface area contributed by atoms with Gasteiger partial charge in [0.25, 0.3) is 5.91 Å². The van der Waals surface area contributed by atoms with E-state index in [9.17, 15) is 4.79 Å². The Morgan fingerprint density at radius 1 is 1.46 bits per heavy atom. The second kappa shape index (κ2) is 7.46. The van der Waals surface area contributed by atoms with Crippen LogP contribution < -0.4 is 15.4 Å². The quantitative estimate of drug-likeness (QED) is 0.840. The molecule has 2 atom stereocenters. The van der Waals surface area contributed by atoms with Crippen molar-refractivity contribution in [3.05, 3.63) is 48.0 Å². The van der Waals surface area contributed by atoms with Gasteiger partial charge in [-0.3, -0.25) is 4.79 Å². The molecule has 0 saturated carbocycles. The first-order valence-electron chi connectivity index (χ1n) is 7.93. The van der Waals surface area contributed by atoms with Gasteiger partial charge in [-0.15, -0.1) is 0 Å². The van der Waals surface area contributed by atoms with Gasteiger partial charge in [0.2, 0.25) is 0 Å². The molecular weight excluding hydrogens is 308 g/mol. The van der Waals surface area contributed by atoms with Crippen molar-refractivity contribution in [3.8, 4) is 5.75 Å². The summed E-state index contributed by atoms with van der Waals surface area (Å²) in [5.41, 5.74) is 0.933. The molecular formula is C17H22N4O3. The molecule has 7 nitrogen and oxygen atoms in total. The highest BCUT2D eigenvalue weighted by Crippen LogP contribution is 2.23. The van der Waals surface area contributed by atoms with Gasteiger partial charge >= 0.3 is 0 Å². The summed E-state index contributed by atoms with van der Waals surface area (Å²) in [7, 11) is 3.53. The molecule has 7 heteroatoms. The number of imidazole rings is 1. The average Bonchev–Trinajstić information content (AvgIpc) is 3.06. The van der Waals surface area contributed by atoms with Crippen LogP contribution in [0, 0.1) is 0 Å². The summed E-state index contributed by atoms with van der Waals surface area (Å²) in [6.07, 6.45) is 3.09. The molecule has 1 aromatic carbocycles. The van der Waals surface area contributed by atoms with E-state index in [0.29, 0.717) is 13.2 Å². The molecule has 2 heterocycles. The van der Waals surface area contributed by atoms with Gasteiger partial charge in [-0.05, 0) is 17.7 Å². The van der Waals surface area contributed by atoms with Crippen LogP contribution in [0.4, 0.5) is 0 Å². The van der Waals surface area contributed by atoms with E-state index in [2.05, 4.69) is 15.6 Å². The van der Waals surface area contributed by atoms with Crippen molar-refractivity contribution >= 4 is 5.91 Å². The summed E-state index contributed by atoms with van der Waals surface area (Å²) in [5, 5.41) is 6.22. The maximum atomic E-state index is 12.6. The average molecular weight is 330 g/mol. The third-order valence-corrected chi connectivity index (χ3v) is 4.07. The van der Waals surface area contributed by atoms with Gasteiger partial charge < -0.3 is 24.7 Å². The summed E-state index contributed by atoms with van der Waals surface area (Å²) in [6, 6.07) is 7.25. The minimum absolute atomic E-state index is 0.147. The molecule has 24 heavy (non-hydrogen) atoms. The molecule has 1 aliphatic rings. The Labute approximate surface area is 141 Å². The number of ether oxygens (including phenoxy) is 2. The van der Waals surface area contributed by atoms with Gasteiger partial charge in [0.15, 0.2) is 0 Å². The maximum Gasteiger partial charge on any atom is 0.251 e. The van der Waals surface area contributed by atoms with E-state index in [-0.39, 0.29) is 11.9 Å². The number of hydrogen-bond donors (Lipinski definition) is 2. The standard InChI is InChI=1S/C17H22N4O3/c1-21-9-7-19-16(21)15(12-3-5-13(23-2)6-4-12)20-17(22)14-11-18-8-10-24-14/h3-7,9,14-15,18H,8,10-11H2,1-2H3,(H,20,22)/t14-,15-/m1/s1. The van der Waals surface area contributed by atoms with Crippen LogP contribution in [-0.2, 0) is 16.6 Å². The smallest absolute Gasteiger partial charge is 0.251 e. The molecule has 0 radical (unpaired) electrons. The van der Waals surface area contributed by atoms with Crippen molar-refractivity contribution < 1.29 is 14.3 Å². The minimum Gasteiger partial charge on any atom is -0.497 e. The van der Waals surface area contributed by atoms with E-state index < -0.39 is 6.10 Å². The van der Waals surface area contributed by atoms with E-state index in [4.69, 9.17) is 9.47 Å². The molecule has 1 aromatic heterocycles. The first-order valence-corrected chi connectivity index (χ1v) is 7.93. The Balaban J connectivity index is 1.84. The second-order valence-corrected chi connectivity index (χ2v) is 5.67. The highest BCUT2D eigenvalue weighted by Gasteiger charge is 2.27. The van der Waals surface area contributed by atoms with Crippen LogP contribution in [0.3, 0.4) is 0 Å². The van der Waals surface area contributed by atoms with Gasteiger partial charge in [-0.2, -0.15) is 0 Å². The van der Waals surface area contributed by atoms with Gasteiger partial charge in [0, 0.05) is 32.5 Å². The number of methoxy groups -OCH3 is 1. The number of nitrogens with zero attached hydrogens (tertiary/aromatic N) is 2. The van der Waals surface area contributed by atoms with Crippen molar-refractivity contribution in [3.63, 3.8) is 0 Å². The Hall–Kier alpha value is -2.38. The van der Waals surface area contributed by atoms with Crippen LogP contribution in [-0.4, -0.2) is 48.4 Å². The first kappa shape index (κ1) is 16.5. The normalized spacial score (nSPS) is 18.8. The summed E-state index contributed by atoms with van der Waals surface area (Å²) >= 11 is 0. The zero-order valence-corrected chi connectivity index (χ0v) is 13.9. The zero-order valence-electron chi connectivity index (χ0n) is 13.9. The molecule has 0 unspecified atom stereocenters. The zero-order chi connectivity index (χ0) is 16.9. The predicted octanol–water partition coefficient (Wildman–Crippen LogP) is 0.623. The number of rotatable bonds is 5. The van der Waals surface area contributed by atoms with Crippen LogP contribution >= 0.6 is 0 Å². The van der Waals surface area contributed by atoms with Gasteiger partial charge in [-0.1, -0.05) is 12.1 Å². The Morgan fingerprint density at radius 2 is 2.25 bits per heavy atom. The van der Waals surface area contributed by atoms with E-state index in [0.717, 1.165) is 23.7 Å². The van der Waals surface area contributed by atoms with Crippen molar-refractivity contribution in [1.82, 2.24) is 20.2 Å². The SMILES string of the molecule is COc1ccc([C@@H](NC(=O)[C@H]2CNCCO2)c2nccn2C)cc1. The summed E-state index contributed by atoms with van der Waals surface area (Å²) < 4.78 is 12.6. The van der Waals surface area contributed by atoms with Crippen LogP contribution in [0.2, 0.25) is 0 Å². The number of benzene rings is 1. The predicted molar refractivity (Wildman–Crippen MR) is 88.8 cm³/mol. The largest absolute Gasteiger partial charge is 0.497 e. The lowest BCUT2D eigenvalue weighted by atomic mass is 10.1. The number of hydrogen-bond acceptors (Lipinski definition) is 5. The van der Waals surface area contributed by atoms with E-state index in [1.54, 1.807) is 13.3 Å². The number of amides is 1. The van der Waals surface area contributed by atoms with Crippen LogP contribution in [0.25, 0.3) is 0 Å². The maximum absolute atomic E-state index is 12.6. The molecule has 0 spiro atoms. The van der Waals surface area contributed by atoms with Gasteiger partial charge in [0.1, 0.15) is 23.7 Å². The number of carbonyl (C=O) groups is 1. The molecule has 0 aliphatic carbocycles. The van der Waals surface area contributed by atoms with Crippen LogP contribution in [0.1, 0.15) is 17.4 Å². The summed E-state index contributed by atoms with van der Waals surface area (Å²) in [4.78, 5) is 17.0. The van der Waals surface area contributed by atoms with Gasteiger partial charge in [0.05, 0.1) is 13.7 Å². The Morgan fingerprint density at radius 3 is 2.83 bits per heavy atom. The highest BCUT2D eigenvalue weighted by molar-refractivity contribution is 5.82. The third kappa shape index (κ3) is 3.58. The van der Waals surface area contributed by atoms with Crippen molar-refractivity contribution in [2.75, 3.05) is 26.8 Å². The molecule has 128 valence electrons. The summed E-state index contributed by atoms with van der Waals surface area (Å²) in [5.74, 6) is 1.38. The lowest BCUT2D eigenvalue weighted by Gasteiger charge is -2.26. The molecule has 1 fully saturated rings. The van der Waals surface area contributed by atoms with Crippen LogP contribution in [0.15, 0.2) is 36.7 Å². The van der Waals surface area contributed by atoms with Gasteiger partial charge in [-0.25, -0.2) is 4.98 Å². The number of aryl methyl sites for hydroxylation is 1. The lowest BCUT2D eigenvalue weighted by Crippen LogP contribution is -2.49. The van der Waals surface area contributed by atoms with E-state index in [1.165, 1.54) is 0 Å². The number of morpholine rings is 1. The third-order valence-electron chi connectivity index (χ3n) is 4.07. The van der Waals surface area contributed by atoms with E-state index in [1.807, 2.05) is 42.1 Å². The Bertz CT molecular complexity index is 677. The minimum atomic E-state index is -0.486. The fourth-order valence-electron chi connectivity index (χ4n) is 2.72.